The Morgan fingerprint density at radius 1 is 1.24 bits per heavy atom. The molecule has 0 saturated heterocycles. The van der Waals surface area contributed by atoms with Crippen molar-refractivity contribution in [3.63, 3.8) is 0 Å². The van der Waals surface area contributed by atoms with Gasteiger partial charge in [-0.2, -0.15) is 5.10 Å². The van der Waals surface area contributed by atoms with Gasteiger partial charge in [-0.1, -0.05) is 32.0 Å². The van der Waals surface area contributed by atoms with Crippen LogP contribution in [-0.4, -0.2) is 16.3 Å². The molecule has 0 atom stereocenters. The fourth-order valence-electron chi connectivity index (χ4n) is 1.73. The van der Waals surface area contributed by atoms with Gasteiger partial charge in [0.25, 0.3) is 0 Å². The van der Waals surface area contributed by atoms with Gasteiger partial charge in [-0.15, -0.1) is 0 Å². The van der Waals surface area contributed by atoms with Crippen molar-refractivity contribution in [1.82, 2.24) is 10.4 Å². The van der Waals surface area contributed by atoms with Crippen LogP contribution in [0.15, 0.2) is 53.9 Å². The maximum atomic E-state index is 5.18. The second-order valence-corrected chi connectivity index (χ2v) is 5.30. The van der Waals surface area contributed by atoms with Crippen LogP contribution in [0.1, 0.15) is 30.9 Å². The minimum absolute atomic E-state index is 0.451. The van der Waals surface area contributed by atoms with Crippen molar-refractivity contribution in [2.45, 2.75) is 19.8 Å². The molecular formula is C16H18N4S. The molecule has 1 aromatic heterocycles. The fraction of sp³-hybridized carbons (Fsp3) is 0.188. The van der Waals surface area contributed by atoms with Gasteiger partial charge in [0, 0.05) is 23.6 Å². The van der Waals surface area contributed by atoms with E-state index in [0.29, 0.717) is 11.0 Å². The summed E-state index contributed by atoms with van der Waals surface area (Å²) >= 11 is 5.18. The third-order valence-corrected chi connectivity index (χ3v) is 3.09. The van der Waals surface area contributed by atoms with Crippen LogP contribution in [-0.2, 0) is 0 Å². The Hall–Kier alpha value is -2.27. The lowest BCUT2D eigenvalue weighted by Crippen LogP contribution is -2.23. The number of anilines is 1. The summed E-state index contributed by atoms with van der Waals surface area (Å²) in [5.41, 5.74) is 5.93. The molecule has 2 N–H and O–H groups in total. The Bertz CT molecular complexity index is 606. The van der Waals surface area contributed by atoms with E-state index >= 15 is 0 Å². The smallest absolute Gasteiger partial charge is 0.191 e. The van der Waals surface area contributed by atoms with Gasteiger partial charge in [0.05, 0.1) is 6.21 Å². The number of benzene rings is 1. The number of hydrogen-bond acceptors (Lipinski definition) is 3. The monoisotopic (exact) mass is 298 g/mol. The summed E-state index contributed by atoms with van der Waals surface area (Å²) in [6.45, 7) is 4.34. The first-order chi connectivity index (χ1) is 10.1. The van der Waals surface area contributed by atoms with E-state index in [-0.39, 0.29) is 0 Å². The number of pyridine rings is 1. The molecule has 2 aromatic rings. The van der Waals surface area contributed by atoms with Crippen molar-refractivity contribution in [3.05, 3.63) is 59.9 Å². The molecule has 0 amide bonds. The molecule has 4 nitrogen and oxygen atoms in total. The van der Waals surface area contributed by atoms with E-state index in [9.17, 15) is 0 Å². The first kappa shape index (κ1) is 15.1. The quantitative estimate of drug-likeness (QED) is 0.515. The minimum Gasteiger partial charge on any atom is -0.331 e. The number of nitrogens with zero attached hydrogens (tertiary/aromatic N) is 2. The van der Waals surface area contributed by atoms with Crippen molar-refractivity contribution in [1.29, 1.82) is 0 Å². The van der Waals surface area contributed by atoms with E-state index in [1.807, 2.05) is 24.3 Å². The molecule has 0 aliphatic rings. The van der Waals surface area contributed by atoms with Crippen LogP contribution in [0.4, 0.5) is 5.69 Å². The zero-order valence-electron chi connectivity index (χ0n) is 12.1. The number of aromatic nitrogens is 1. The molecule has 1 heterocycles. The average Bonchev–Trinajstić information content (AvgIpc) is 2.49. The predicted molar refractivity (Wildman–Crippen MR) is 91.7 cm³/mol. The summed E-state index contributed by atoms with van der Waals surface area (Å²) in [6.07, 6.45) is 5.12. The van der Waals surface area contributed by atoms with Crippen LogP contribution in [0.2, 0.25) is 0 Å². The van der Waals surface area contributed by atoms with Crippen molar-refractivity contribution in [2.24, 2.45) is 5.10 Å². The van der Waals surface area contributed by atoms with E-state index in [0.717, 1.165) is 11.3 Å². The van der Waals surface area contributed by atoms with Gasteiger partial charge in [0.15, 0.2) is 5.11 Å². The predicted octanol–water partition coefficient (Wildman–Crippen LogP) is 3.53. The van der Waals surface area contributed by atoms with E-state index in [2.05, 4.69) is 46.8 Å². The highest BCUT2D eigenvalue weighted by atomic mass is 32.1. The van der Waals surface area contributed by atoms with Gasteiger partial charge in [0.2, 0.25) is 0 Å². The number of hydrogen-bond donors (Lipinski definition) is 2. The maximum Gasteiger partial charge on any atom is 0.191 e. The summed E-state index contributed by atoms with van der Waals surface area (Å²) in [5.74, 6) is 0.521. The Morgan fingerprint density at radius 3 is 2.62 bits per heavy atom. The van der Waals surface area contributed by atoms with Crippen molar-refractivity contribution in [2.75, 3.05) is 5.32 Å². The average molecular weight is 298 g/mol. The highest BCUT2D eigenvalue weighted by molar-refractivity contribution is 7.80. The third kappa shape index (κ3) is 4.96. The lowest BCUT2D eigenvalue weighted by molar-refractivity contribution is 0.867. The van der Waals surface area contributed by atoms with Crippen LogP contribution >= 0.6 is 12.2 Å². The highest BCUT2D eigenvalue weighted by Gasteiger charge is 2.00. The molecule has 0 saturated carbocycles. The second kappa shape index (κ2) is 7.50. The standard InChI is InChI=1S/C16H18N4S/c1-12(2)14-5-7-15(8-6-14)19-16(21)20-18-11-13-4-3-9-17-10-13/h3-12H,1-2H3,(H2,19,20,21)/b18-11-. The van der Waals surface area contributed by atoms with Gasteiger partial charge in [-0.3, -0.25) is 10.4 Å². The summed E-state index contributed by atoms with van der Waals surface area (Å²) in [7, 11) is 0. The van der Waals surface area contributed by atoms with Crippen LogP contribution in [0.25, 0.3) is 0 Å². The summed E-state index contributed by atoms with van der Waals surface area (Å²) < 4.78 is 0. The van der Waals surface area contributed by atoms with Gasteiger partial charge < -0.3 is 5.32 Å². The van der Waals surface area contributed by atoms with Crippen LogP contribution < -0.4 is 10.7 Å². The molecule has 108 valence electrons. The van der Waals surface area contributed by atoms with E-state index in [1.54, 1.807) is 18.6 Å². The Labute approximate surface area is 130 Å². The summed E-state index contributed by atoms with van der Waals surface area (Å²) in [6, 6.07) is 12.0. The van der Waals surface area contributed by atoms with Crippen molar-refractivity contribution in [3.8, 4) is 0 Å². The van der Waals surface area contributed by atoms with Gasteiger partial charge in [0.1, 0.15) is 0 Å². The van der Waals surface area contributed by atoms with E-state index in [4.69, 9.17) is 12.2 Å². The van der Waals surface area contributed by atoms with Gasteiger partial charge >= 0.3 is 0 Å². The lowest BCUT2D eigenvalue weighted by Gasteiger charge is -2.09. The molecule has 0 fully saturated rings. The molecule has 0 aliphatic carbocycles. The fourth-order valence-corrected chi connectivity index (χ4v) is 1.90. The third-order valence-electron chi connectivity index (χ3n) is 2.90. The lowest BCUT2D eigenvalue weighted by atomic mass is 10.0. The van der Waals surface area contributed by atoms with Crippen LogP contribution in [0, 0.1) is 0 Å². The zero-order valence-corrected chi connectivity index (χ0v) is 12.9. The molecule has 21 heavy (non-hydrogen) atoms. The number of thiocarbonyl (C=S) groups is 1. The zero-order chi connectivity index (χ0) is 15.1. The SMILES string of the molecule is CC(C)c1ccc(NC(=S)N/N=C\c2cccnc2)cc1. The Morgan fingerprint density at radius 2 is 2.00 bits per heavy atom. The van der Waals surface area contributed by atoms with Gasteiger partial charge in [-0.05, 0) is 41.9 Å². The molecule has 0 radical (unpaired) electrons. The summed E-state index contributed by atoms with van der Waals surface area (Å²) in [4.78, 5) is 4.01. The number of hydrazone groups is 1. The molecule has 0 unspecified atom stereocenters. The molecule has 2 rings (SSSR count). The first-order valence-corrected chi connectivity index (χ1v) is 7.16. The number of nitrogens with one attached hydrogen (secondary N) is 2. The van der Waals surface area contributed by atoms with Crippen molar-refractivity contribution < 1.29 is 0 Å². The van der Waals surface area contributed by atoms with Crippen molar-refractivity contribution >= 4 is 29.2 Å². The summed E-state index contributed by atoms with van der Waals surface area (Å²) in [5, 5.41) is 7.60. The first-order valence-electron chi connectivity index (χ1n) is 6.75. The molecule has 0 bridgehead atoms. The maximum absolute atomic E-state index is 5.18. The normalized spacial score (nSPS) is 10.8. The highest BCUT2D eigenvalue weighted by Crippen LogP contribution is 2.16. The molecule has 1 aromatic carbocycles. The van der Waals surface area contributed by atoms with Crippen LogP contribution in [0.3, 0.4) is 0 Å². The molecule has 5 heteroatoms. The largest absolute Gasteiger partial charge is 0.331 e. The molecule has 0 spiro atoms. The van der Waals surface area contributed by atoms with Gasteiger partial charge in [-0.25, -0.2) is 0 Å². The van der Waals surface area contributed by atoms with E-state index in [1.165, 1.54) is 5.56 Å². The minimum atomic E-state index is 0.451. The Balaban J connectivity index is 1.85. The molecular weight excluding hydrogens is 280 g/mol. The van der Waals surface area contributed by atoms with E-state index < -0.39 is 0 Å². The molecule has 0 aliphatic heterocycles. The topological polar surface area (TPSA) is 49.3 Å². The Kier molecular flexibility index (Phi) is 5.40. The number of rotatable bonds is 4. The second-order valence-electron chi connectivity index (χ2n) is 4.89. The van der Waals surface area contributed by atoms with Crippen LogP contribution in [0.5, 0.6) is 0 Å².